The highest BCUT2D eigenvalue weighted by molar-refractivity contribution is 6.13. The van der Waals surface area contributed by atoms with Crippen LogP contribution < -0.4 is 0 Å². The van der Waals surface area contributed by atoms with Crippen molar-refractivity contribution in [1.29, 1.82) is 0 Å². The molecule has 0 radical (unpaired) electrons. The van der Waals surface area contributed by atoms with E-state index in [1.807, 2.05) is 24.4 Å². The summed E-state index contributed by atoms with van der Waals surface area (Å²) in [6, 6.07) is 55.1. The van der Waals surface area contributed by atoms with Gasteiger partial charge in [-0.2, -0.15) is 9.97 Å². The Morgan fingerprint density at radius 3 is 1.91 bits per heavy atom. The van der Waals surface area contributed by atoms with Crippen molar-refractivity contribution in [3.8, 4) is 34.4 Å². The Bertz CT molecular complexity index is 3460. The van der Waals surface area contributed by atoms with Crippen molar-refractivity contribution in [2.45, 2.75) is 0 Å². The lowest BCUT2D eigenvalue weighted by atomic mass is 10.1. The van der Waals surface area contributed by atoms with E-state index >= 15 is 0 Å². The van der Waals surface area contributed by atoms with Crippen molar-refractivity contribution in [3.63, 3.8) is 0 Å². The van der Waals surface area contributed by atoms with E-state index in [1.54, 1.807) is 6.20 Å². The minimum Gasteiger partial charge on any atom is -0.456 e. The molecule has 0 amide bonds. The second kappa shape index (κ2) is 11.4. The molecule has 0 aliphatic carbocycles. The number of para-hydroxylation sites is 3. The summed E-state index contributed by atoms with van der Waals surface area (Å²) >= 11 is 0. The van der Waals surface area contributed by atoms with Crippen LogP contribution in [-0.2, 0) is 0 Å². The molecular weight excluding hydrogens is 677 g/mol. The van der Waals surface area contributed by atoms with E-state index in [4.69, 9.17) is 19.4 Å². The van der Waals surface area contributed by atoms with E-state index < -0.39 is 0 Å². The van der Waals surface area contributed by atoms with E-state index in [0.29, 0.717) is 17.6 Å². The van der Waals surface area contributed by atoms with Crippen molar-refractivity contribution < 1.29 is 4.42 Å². The Balaban J connectivity index is 1.14. The van der Waals surface area contributed by atoms with Crippen molar-refractivity contribution in [3.05, 3.63) is 170 Å². The number of hydrogen-bond acceptors (Lipinski definition) is 5. The molecular formula is C48H28N6O. The van der Waals surface area contributed by atoms with Gasteiger partial charge in [0.05, 0.1) is 22.1 Å². The van der Waals surface area contributed by atoms with Gasteiger partial charge in [0.2, 0.25) is 5.95 Å². The summed E-state index contributed by atoms with van der Waals surface area (Å²) < 4.78 is 10.8. The maximum absolute atomic E-state index is 6.27. The Morgan fingerprint density at radius 2 is 1.11 bits per heavy atom. The third-order valence-corrected chi connectivity index (χ3v) is 10.9. The zero-order valence-electron chi connectivity index (χ0n) is 29.3. The molecule has 0 spiro atoms. The lowest BCUT2D eigenvalue weighted by molar-refractivity contribution is 0.668. The molecule has 7 heteroatoms. The molecule has 5 heterocycles. The molecule has 0 saturated carbocycles. The van der Waals surface area contributed by atoms with Crippen LogP contribution in [0, 0.1) is 0 Å². The van der Waals surface area contributed by atoms with Crippen LogP contribution in [0.1, 0.15) is 0 Å². The number of benzene rings is 7. The van der Waals surface area contributed by atoms with Crippen LogP contribution in [0.4, 0.5) is 0 Å². The predicted octanol–water partition coefficient (Wildman–Crippen LogP) is 11.8. The fourth-order valence-electron chi connectivity index (χ4n) is 8.42. The van der Waals surface area contributed by atoms with Gasteiger partial charge >= 0.3 is 0 Å². The SMILES string of the molecule is c1ccc2cc(-c3nc(-c4cccc5oc6ccncc6c45)nc(-n4c5ccccc5c5cc(-n6c7ccccc7c7ccccc76)ccc54)n3)ccc2c1. The first kappa shape index (κ1) is 29.9. The number of aromatic nitrogens is 6. The first-order valence-corrected chi connectivity index (χ1v) is 18.3. The first-order valence-electron chi connectivity index (χ1n) is 18.3. The summed E-state index contributed by atoms with van der Waals surface area (Å²) in [5.74, 6) is 1.67. The van der Waals surface area contributed by atoms with Crippen LogP contribution in [0.3, 0.4) is 0 Å². The molecule has 12 rings (SSSR count). The van der Waals surface area contributed by atoms with Gasteiger partial charge in [0, 0.05) is 61.5 Å². The average Bonchev–Trinajstić information content (AvgIpc) is 3.91. The number of rotatable bonds is 4. The minimum atomic E-state index is 0.534. The van der Waals surface area contributed by atoms with E-state index in [9.17, 15) is 0 Å². The Morgan fingerprint density at radius 1 is 0.436 bits per heavy atom. The molecule has 0 saturated heterocycles. The molecule has 7 aromatic carbocycles. The van der Waals surface area contributed by atoms with Gasteiger partial charge in [-0.15, -0.1) is 0 Å². The molecule has 5 aromatic heterocycles. The average molecular weight is 705 g/mol. The third-order valence-electron chi connectivity index (χ3n) is 10.9. The summed E-state index contributed by atoms with van der Waals surface area (Å²) in [7, 11) is 0. The van der Waals surface area contributed by atoms with Gasteiger partial charge in [-0.1, -0.05) is 103 Å². The number of furan rings is 1. The van der Waals surface area contributed by atoms with Crippen molar-refractivity contribution in [2.24, 2.45) is 0 Å². The van der Waals surface area contributed by atoms with Gasteiger partial charge < -0.3 is 8.98 Å². The first-order chi connectivity index (χ1) is 27.3. The summed E-state index contributed by atoms with van der Waals surface area (Å²) in [6.07, 6.45) is 3.59. The number of hydrogen-bond donors (Lipinski definition) is 0. The molecule has 0 fully saturated rings. The zero-order chi connectivity index (χ0) is 36.0. The van der Waals surface area contributed by atoms with Crippen LogP contribution in [0.25, 0.3) is 111 Å². The molecule has 7 nitrogen and oxygen atoms in total. The second-order valence-electron chi connectivity index (χ2n) is 13.9. The molecule has 256 valence electrons. The molecule has 0 atom stereocenters. The lowest BCUT2D eigenvalue weighted by Crippen LogP contribution is -2.06. The Labute approximate surface area is 313 Å². The fraction of sp³-hybridized carbons (Fsp3) is 0. The van der Waals surface area contributed by atoms with Crippen molar-refractivity contribution in [1.82, 2.24) is 29.1 Å². The highest BCUT2D eigenvalue weighted by Crippen LogP contribution is 2.39. The fourth-order valence-corrected chi connectivity index (χ4v) is 8.42. The zero-order valence-corrected chi connectivity index (χ0v) is 29.3. The summed E-state index contributed by atoms with van der Waals surface area (Å²) in [5, 5.41) is 8.80. The highest BCUT2D eigenvalue weighted by atomic mass is 16.3. The standard InChI is InChI=1S/C48H28N6O/c1-2-11-30-26-31(21-20-29(30)10-1)46-50-47(36-15-9-19-44-45(36)38-28-49-25-24-43(38)55-44)52-48(51-46)54-41-18-8-5-14-35(41)37-27-32(22-23-42(37)54)53-39-16-6-3-12-33(39)34-13-4-7-17-40(34)53/h1-28H. The van der Waals surface area contributed by atoms with Gasteiger partial charge in [-0.3, -0.25) is 9.55 Å². The van der Waals surface area contributed by atoms with Crippen LogP contribution in [0.2, 0.25) is 0 Å². The molecule has 0 N–H and O–H groups in total. The monoisotopic (exact) mass is 704 g/mol. The highest BCUT2D eigenvalue weighted by Gasteiger charge is 2.21. The largest absolute Gasteiger partial charge is 0.456 e. The maximum Gasteiger partial charge on any atom is 0.238 e. The normalized spacial score (nSPS) is 12.0. The van der Waals surface area contributed by atoms with Gasteiger partial charge in [-0.05, 0) is 65.4 Å². The quantitative estimate of drug-likeness (QED) is 0.182. The third kappa shape index (κ3) is 4.44. The van der Waals surface area contributed by atoms with Crippen LogP contribution in [-0.4, -0.2) is 29.1 Å². The summed E-state index contributed by atoms with van der Waals surface area (Å²) in [6.45, 7) is 0. The molecule has 0 aliphatic rings. The Kier molecular flexibility index (Phi) is 6.21. The summed E-state index contributed by atoms with van der Waals surface area (Å²) in [5.41, 5.74) is 8.72. The van der Waals surface area contributed by atoms with Gasteiger partial charge in [0.25, 0.3) is 0 Å². The minimum absolute atomic E-state index is 0.534. The van der Waals surface area contributed by atoms with E-state index in [0.717, 1.165) is 71.3 Å². The molecule has 0 aliphatic heterocycles. The number of pyridine rings is 1. The summed E-state index contributed by atoms with van der Waals surface area (Å²) in [4.78, 5) is 20.2. The van der Waals surface area contributed by atoms with Crippen LogP contribution in [0.15, 0.2) is 175 Å². The Hall–Kier alpha value is -7.64. The van der Waals surface area contributed by atoms with E-state index in [-0.39, 0.29) is 0 Å². The molecule has 0 unspecified atom stereocenters. The van der Waals surface area contributed by atoms with E-state index in [2.05, 4.69) is 154 Å². The van der Waals surface area contributed by atoms with Gasteiger partial charge in [0.1, 0.15) is 11.2 Å². The van der Waals surface area contributed by atoms with Crippen molar-refractivity contribution >= 4 is 76.3 Å². The van der Waals surface area contributed by atoms with Crippen LogP contribution in [0.5, 0.6) is 0 Å². The van der Waals surface area contributed by atoms with Crippen molar-refractivity contribution in [2.75, 3.05) is 0 Å². The second-order valence-corrected chi connectivity index (χ2v) is 13.9. The maximum atomic E-state index is 6.27. The smallest absolute Gasteiger partial charge is 0.238 e. The predicted molar refractivity (Wildman–Crippen MR) is 222 cm³/mol. The topological polar surface area (TPSA) is 74.6 Å². The number of nitrogens with zero attached hydrogens (tertiary/aromatic N) is 6. The lowest BCUT2D eigenvalue weighted by Gasteiger charge is -2.12. The van der Waals surface area contributed by atoms with Gasteiger partial charge in [-0.25, -0.2) is 4.98 Å². The molecule has 0 bridgehead atoms. The van der Waals surface area contributed by atoms with Crippen LogP contribution >= 0.6 is 0 Å². The van der Waals surface area contributed by atoms with E-state index in [1.165, 1.54) is 21.8 Å². The molecule has 55 heavy (non-hydrogen) atoms. The van der Waals surface area contributed by atoms with Gasteiger partial charge in [0.15, 0.2) is 11.6 Å². The number of fused-ring (bicyclic) bond motifs is 10. The molecule has 12 aromatic rings.